The van der Waals surface area contributed by atoms with Crippen LogP contribution in [0.3, 0.4) is 0 Å². The van der Waals surface area contributed by atoms with Gasteiger partial charge in [0, 0.05) is 24.4 Å². The summed E-state index contributed by atoms with van der Waals surface area (Å²) in [6, 6.07) is 20.6. The van der Waals surface area contributed by atoms with Gasteiger partial charge in [-0.05, 0) is 35.4 Å². The molecule has 1 aromatic heterocycles. The Morgan fingerprint density at radius 3 is 2.65 bits per heavy atom. The maximum Gasteiger partial charge on any atom is 0.251 e. The van der Waals surface area contributed by atoms with E-state index in [-0.39, 0.29) is 5.91 Å². The van der Waals surface area contributed by atoms with Crippen LogP contribution >= 0.6 is 0 Å². The van der Waals surface area contributed by atoms with Crippen molar-refractivity contribution in [1.82, 2.24) is 10.3 Å². The zero-order chi connectivity index (χ0) is 18.2. The van der Waals surface area contributed by atoms with Gasteiger partial charge in [-0.15, -0.1) is 0 Å². The quantitative estimate of drug-likeness (QED) is 0.709. The van der Waals surface area contributed by atoms with Crippen LogP contribution in [0.15, 0.2) is 72.9 Å². The number of aromatic nitrogens is 1. The highest BCUT2D eigenvalue weighted by Crippen LogP contribution is 2.14. The monoisotopic (exact) mass is 348 g/mol. The number of rotatable bonds is 7. The molecule has 0 fully saturated rings. The third-order valence-electron chi connectivity index (χ3n) is 3.81. The average molecular weight is 348 g/mol. The maximum atomic E-state index is 12.3. The van der Waals surface area contributed by atoms with Gasteiger partial charge < -0.3 is 14.8 Å². The van der Waals surface area contributed by atoms with Gasteiger partial charge in [-0.25, -0.2) is 4.98 Å². The Morgan fingerprint density at radius 2 is 1.85 bits per heavy atom. The minimum Gasteiger partial charge on any atom is -0.497 e. The van der Waals surface area contributed by atoms with Crippen molar-refractivity contribution in [3.05, 3.63) is 89.6 Å². The van der Waals surface area contributed by atoms with Crippen LogP contribution in [0.1, 0.15) is 21.5 Å². The molecule has 1 N–H and O–H groups in total. The van der Waals surface area contributed by atoms with Crippen LogP contribution in [0.2, 0.25) is 0 Å². The van der Waals surface area contributed by atoms with Crippen LogP contribution in [0.5, 0.6) is 11.6 Å². The Labute approximate surface area is 152 Å². The number of hydrogen-bond acceptors (Lipinski definition) is 4. The van der Waals surface area contributed by atoms with Crippen LogP contribution in [0.4, 0.5) is 0 Å². The van der Waals surface area contributed by atoms with E-state index in [1.54, 1.807) is 37.6 Å². The van der Waals surface area contributed by atoms with Crippen molar-refractivity contribution >= 4 is 5.91 Å². The summed E-state index contributed by atoms with van der Waals surface area (Å²) in [6.07, 6.45) is 1.67. The van der Waals surface area contributed by atoms with Crippen molar-refractivity contribution < 1.29 is 14.3 Å². The fraction of sp³-hybridized carbons (Fsp3) is 0.143. The predicted octanol–water partition coefficient (Wildman–Crippen LogP) is 3.60. The van der Waals surface area contributed by atoms with Crippen molar-refractivity contribution in [3.63, 3.8) is 0 Å². The van der Waals surface area contributed by atoms with Crippen LogP contribution in [-0.2, 0) is 13.2 Å². The molecule has 3 rings (SSSR count). The zero-order valence-corrected chi connectivity index (χ0v) is 14.5. The van der Waals surface area contributed by atoms with Gasteiger partial charge >= 0.3 is 0 Å². The summed E-state index contributed by atoms with van der Waals surface area (Å²) < 4.78 is 10.9. The Bertz CT molecular complexity index is 866. The number of carbonyl (C=O) groups is 1. The fourth-order valence-electron chi connectivity index (χ4n) is 2.42. The molecule has 0 bridgehead atoms. The summed E-state index contributed by atoms with van der Waals surface area (Å²) in [5.41, 5.74) is 2.55. The lowest BCUT2D eigenvalue weighted by Gasteiger charge is -2.09. The van der Waals surface area contributed by atoms with Crippen molar-refractivity contribution in [2.24, 2.45) is 0 Å². The average Bonchev–Trinajstić information content (AvgIpc) is 2.71. The van der Waals surface area contributed by atoms with E-state index in [0.717, 1.165) is 11.1 Å². The molecule has 0 saturated heterocycles. The largest absolute Gasteiger partial charge is 0.497 e. The normalized spacial score (nSPS) is 10.2. The molecule has 3 aromatic rings. The summed E-state index contributed by atoms with van der Waals surface area (Å²) in [6.45, 7) is 0.841. The number of hydrogen-bond donors (Lipinski definition) is 1. The second-order valence-electron chi connectivity index (χ2n) is 5.69. The highest BCUT2D eigenvalue weighted by molar-refractivity contribution is 5.94. The first kappa shape index (κ1) is 17.5. The van der Waals surface area contributed by atoms with E-state index < -0.39 is 0 Å². The molecule has 0 spiro atoms. The summed E-state index contributed by atoms with van der Waals surface area (Å²) in [4.78, 5) is 16.5. The molecule has 26 heavy (non-hydrogen) atoms. The highest BCUT2D eigenvalue weighted by Gasteiger charge is 2.07. The number of nitrogens with one attached hydrogen (secondary N) is 1. The smallest absolute Gasteiger partial charge is 0.251 e. The van der Waals surface area contributed by atoms with Gasteiger partial charge in [-0.1, -0.05) is 36.4 Å². The summed E-state index contributed by atoms with van der Waals surface area (Å²) in [7, 11) is 1.57. The molecule has 5 nitrogen and oxygen atoms in total. The van der Waals surface area contributed by atoms with Crippen LogP contribution in [-0.4, -0.2) is 18.0 Å². The molecule has 0 radical (unpaired) electrons. The molecule has 0 aliphatic rings. The minimum absolute atomic E-state index is 0.160. The Balaban J connectivity index is 1.57. The second-order valence-corrected chi connectivity index (χ2v) is 5.69. The zero-order valence-electron chi connectivity index (χ0n) is 14.5. The van der Waals surface area contributed by atoms with Crippen LogP contribution in [0.25, 0.3) is 0 Å². The number of nitrogens with zero attached hydrogens (tertiary/aromatic N) is 1. The van der Waals surface area contributed by atoms with E-state index in [0.29, 0.717) is 30.3 Å². The summed E-state index contributed by atoms with van der Waals surface area (Å²) in [5.74, 6) is 1.02. The first-order chi connectivity index (χ1) is 12.7. The Morgan fingerprint density at radius 1 is 1.00 bits per heavy atom. The van der Waals surface area contributed by atoms with E-state index in [1.807, 2.05) is 42.5 Å². The molecule has 0 unspecified atom stereocenters. The third-order valence-corrected chi connectivity index (χ3v) is 3.81. The molecular formula is C21H20N2O3. The summed E-state index contributed by atoms with van der Waals surface area (Å²) >= 11 is 0. The van der Waals surface area contributed by atoms with Crippen molar-refractivity contribution in [1.29, 1.82) is 0 Å². The van der Waals surface area contributed by atoms with Gasteiger partial charge in [0.25, 0.3) is 5.91 Å². The third kappa shape index (κ3) is 4.83. The first-order valence-electron chi connectivity index (χ1n) is 8.28. The Hall–Kier alpha value is -3.34. The molecule has 0 aliphatic carbocycles. The Kier molecular flexibility index (Phi) is 5.83. The van der Waals surface area contributed by atoms with E-state index in [4.69, 9.17) is 9.47 Å². The van der Waals surface area contributed by atoms with E-state index in [1.165, 1.54) is 0 Å². The van der Waals surface area contributed by atoms with E-state index in [2.05, 4.69) is 10.3 Å². The van der Waals surface area contributed by atoms with E-state index in [9.17, 15) is 4.79 Å². The lowest BCUT2D eigenvalue weighted by Crippen LogP contribution is -2.22. The van der Waals surface area contributed by atoms with Gasteiger partial charge in [-0.3, -0.25) is 4.79 Å². The topological polar surface area (TPSA) is 60.5 Å². The number of benzene rings is 2. The number of amides is 1. The minimum atomic E-state index is -0.160. The summed E-state index contributed by atoms with van der Waals surface area (Å²) in [5, 5.41) is 2.89. The fourth-order valence-corrected chi connectivity index (χ4v) is 2.42. The highest BCUT2D eigenvalue weighted by atomic mass is 16.5. The van der Waals surface area contributed by atoms with Gasteiger partial charge in [0.1, 0.15) is 12.4 Å². The lowest BCUT2D eigenvalue weighted by atomic mass is 10.2. The first-order valence-corrected chi connectivity index (χ1v) is 8.28. The number of methoxy groups -OCH3 is 1. The van der Waals surface area contributed by atoms with Crippen molar-refractivity contribution in [2.45, 2.75) is 13.2 Å². The van der Waals surface area contributed by atoms with Gasteiger partial charge in [0.2, 0.25) is 5.88 Å². The number of pyridine rings is 1. The molecule has 0 aliphatic heterocycles. The molecule has 1 amide bonds. The van der Waals surface area contributed by atoms with Gasteiger partial charge in [0.15, 0.2) is 0 Å². The van der Waals surface area contributed by atoms with Gasteiger partial charge in [-0.2, -0.15) is 0 Å². The van der Waals surface area contributed by atoms with E-state index >= 15 is 0 Å². The molecule has 0 atom stereocenters. The predicted molar refractivity (Wildman–Crippen MR) is 99.2 cm³/mol. The van der Waals surface area contributed by atoms with Gasteiger partial charge in [0.05, 0.1) is 7.11 Å². The van der Waals surface area contributed by atoms with Crippen molar-refractivity contribution in [3.8, 4) is 11.6 Å². The standard InChI is InChI=1S/C21H20N2O3/c1-25-19-9-5-8-18(13-19)21(24)23-14-17-10-11-22-20(12-17)26-15-16-6-3-2-4-7-16/h2-13H,14-15H2,1H3,(H,23,24). The second kappa shape index (κ2) is 8.67. The molecular weight excluding hydrogens is 328 g/mol. The SMILES string of the molecule is COc1cccc(C(=O)NCc2ccnc(OCc3ccccc3)c2)c1. The molecule has 0 saturated carbocycles. The van der Waals surface area contributed by atoms with Crippen LogP contribution in [0, 0.1) is 0 Å². The number of carbonyl (C=O) groups excluding carboxylic acids is 1. The lowest BCUT2D eigenvalue weighted by molar-refractivity contribution is 0.0950. The number of ether oxygens (including phenoxy) is 2. The molecule has 1 heterocycles. The maximum absolute atomic E-state index is 12.3. The molecule has 2 aromatic carbocycles. The van der Waals surface area contributed by atoms with Crippen molar-refractivity contribution in [2.75, 3.05) is 7.11 Å². The molecule has 132 valence electrons. The van der Waals surface area contributed by atoms with Crippen LogP contribution < -0.4 is 14.8 Å². The molecule has 5 heteroatoms.